The molecule has 0 saturated carbocycles. The van der Waals surface area contributed by atoms with Crippen LogP contribution in [0.25, 0.3) is 0 Å². The van der Waals surface area contributed by atoms with E-state index < -0.39 is 17.3 Å². The number of benzene rings is 1. The summed E-state index contributed by atoms with van der Waals surface area (Å²) < 4.78 is 13.4. The molecule has 4 nitrogen and oxygen atoms in total. The third-order valence-electron chi connectivity index (χ3n) is 3.13. The number of carboxylic acids is 1. The lowest BCUT2D eigenvalue weighted by atomic mass is 9.89. The van der Waals surface area contributed by atoms with Crippen molar-refractivity contribution >= 4 is 27.8 Å². The average molecular weight is 332 g/mol. The first-order valence-corrected chi connectivity index (χ1v) is 6.51. The maximum absolute atomic E-state index is 13.3. The van der Waals surface area contributed by atoms with Crippen LogP contribution in [0.15, 0.2) is 22.7 Å². The van der Waals surface area contributed by atoms with Crippen molar-refractivity contribution in [3.8, 4) is 0 Å². The molecule has 0 heterocycles. The molecule has 19 heavy (non-hydrogen) atoms. The fraction of sp³-hybridized carbons (Fsp3) is 0.385. The number of carbonyl (C=O) groups is 2. The second-order valence-corrected chi connectivity index (χ2v) is 5.12. The maximum Gasteiger partial charge on any atom is 0.334 e. The van der Waals surface area contributed by atoms with E-state index >= 15 is 0 Å². The summed E-state index contributed by atoms with van der Waals surface area (Å²) in [6, 6.07) is 3.93. The average Bonchev–Trinajstić information content (AvgIpc) is 2.32. The molecule has 1 amide bonds. The summed E-state index contributed by atoms with van der Waals surface area (Å²) in [7, 11) is 0. The topological polar surface area (TPSA) is 57.6 Å². The zero-order valence-electron chi connectivity index (χ0n) is 10.9. The van der Waals surface area contributed by atoms with E-state index in [0.29, 0.717) is 5.56 Å². The number of carboxylic acid groups (broad SMARTS) is 1. The predicted octanol–water partition coefficient (Wildman–Crippen LogP) is 2.76. The van der Waals surface area contributed by atoms with Crippen molar-refractivity contribution in [3.05, 3.63) is 34.1 Å². The molecular weight excluding hydrogens is 317 g/mol. The van der Waals surface area contributed by atoms with E-state index in [1.54, 1.807) is 6.92 Å². The standard InChI is InChI=1S/C13H15BrFNO3/c1-4-16(8(2)17)13(3,12(18)19)9-5-6-11(15)10(14)7-9/h5-7H,4H2,1-3H3,(H,18,19). The molecule has 1 rings (SSSR count). The van der Waals surface area contributed by atoms with Gasteiger partial charge < -0.3 is 10.0 Å². The van der Waals surface area contributed by atoms with Gasteiger partial charge in [0.1, 0.15) is 5.82 Å². The van der Waals surface area contributed by atoms with Gasteiger partial charge in [0.25, 0.3) is 0 Å². The third kappa shape index (κ3) is 2.78. The lowest BCUT2D eigenvalue weighted by Crippen LogP contribution is -2.52. The highest BCUT2D eigenvalue weighted by molar-refractivity contribution is 9.10. The minimum absolute atomic E-state index is 0.164. The van der Waals surface area contributed by atoms with E-state index in [2.05, 4.69) is 15.9 Å². The van der Waals surface area contributed by atoms with Crippen molar-refractivity contribution in [2.75, 3.05) is 6.54 Å². The molecule has 0 saturated heterocycles. The van der Waals surface area contributed by atoms with Crippen molar-refractivity contribution < 1.29 is 19.1 Å². The Labute approximate surface area is 119 Å². The molecule has 0 spiro atoms. The Morgan fingerprint density at radius 1 is 1.47 bits per heavy atom. The van der Waals surface area contributed by atoms with Gasteiger partial charge in [-0.25, -0.2) is 9.18 Å². The number of hydrogen-bond acceptors (Lipinski definition) is 2. The van der Waals surface area contributed by atoms with Crippen LogP contribution in [-0.2, 0) is 15.1 Å². The fourth-order valence-electron chi connectivity index (χ4n) is 2.05. The minimum atomic E-state index is -1.53. The van der Waals surface area contributed by atoms with Gasteiger partial charge in [-0.3, -0.25) is 4.79 Å². The molecule has 1 atom stereocenters. The van der Waals surface area contributed by atoms with Gasteiger partial charge in [0.2, 0.25) is 5.91 Å². The van der Waals surface area contributed by atoms with E-state index in [4.69, 9.17) is 0 Å². The van der Waals surface area contributed by atoms with E-state index in [0.717, 1.165) is 0 Å². The number of amides is 1. The van der Waals surface area contributed by atoms with Crippen molar-refractivity contribution in [1.82, 2.24) is 4.90 Å². The monoisotopic (exact) mass is 331 g/mol. The summed E-state index contributed by atoms with van der Waals surface area (Å²) in [4.78, 5) is 24.5. The van der Waals surface area contributed by atoms with Crippen LogP contribution in [-0.4, -0.2) is 28.4 Å². The largest absolute Gasteiger partial charge is 0.479 e. The van der Waals surface area contributed by atoms with Crippen LogP contribution >= 0.6 is 15.9 Å². The summed E-state index contributed by atoms with van der Waals surface area (Å²) in [5.41, 5.74) is -1.19. The van der Waals surface area contributed by atoms with Crippen LogP contribution < -0.4 is 0 Å². The second-order valence-electron chi connectivity index (χ2n) is 4.27. The predicted molar refractivity (Wildman–Crippen MR) is 72.1 cm³/mol. The Kier molecular flexibility index (Phi) is 4.68. The third-order valence-corrected chi connectivity index (χ3v) is 3.74. The highest BCUT2D eigenvalue weighted by Crippen LogP contribution is 2.31. The normalized spacial score (nSPS) is 13.7. The highest BCUT2D eigenvalue weighted by Gasteiger charge is 2.42. The number of halogens is 2. The van der Waals surface area contributed by atoms with Crippen molar-refractivity contribution in [2.24, 2.45) is 0 Å². The Bertz CT molecular complexity index is 521. The van der Waals surface area contributed by atoms with Gasteiger partial charge in [-0.2, -0.15) is 0 Å². The second kappa shape index (κ2) is 5.69. The Morgan fingerprint density at radius 3 is 2.42 bits per heavy atom. The van der Waals surface area contributed by atoms with Crippen LogP contribution in [0.3, 0.4) is 0 Å². The number of hydrogen-bond donors (Lipinski definition) is 1. The first-order chi connectivity index (χ1) is 8.75. The summed E-state index contributed by atoms with van der Waals surface area (Å²) >= 11 is 3.02. The number of carbonyl (C=O) groups excluding carboxylic acids is 1. The van der Waals surface area contributed by atoms with E-state index in [9.17, 15) is 19.1 Å². The van der Waals surface area contributed by atoms with Crippen molar-refractivity contribution in [2.45, 2.75) is 26.3 Å². The Balaban J connectivity index is 3.45. The zero-order valence-corrected chi connectivity index (χ0v) is 12.5. The lowest BCUT2D eigenvalue weighted by Gasteiger charge is -2.37. The van der Waals surface area contributed by atoms with Gasteiger partial charge >= 0.3 is 5.97 Å². The van der Waals surface area contributed by atoms with Gasteiger partial charge in [0.05, 0.1) is 4.47 Å². The van der Waals surface area contributed by atoms with Gasteiger partial charge in [0.15, 0.2) is 5.54 Å². The van der Waals surface area contributed by atoms with Gasteiger partial charge in [-0.15, -0.1) is 0 Å². The molecule has 0 bridgehead atoms. The summed E-state index contributed by atoms with van der Waals surface area (Å²) in [6.07, 6.45) is 0. The molecule has 0 aliphatic rings. The summed E-state index contributed by atoms with van der Waals surface area (Å²) in [5, 5.41) is 9.49. The SMILES string of the molecule is CCN(C(C)=O)C(C)(C(=O)O)c1ccc(F)c(Br)c1. The molecule has 1 aromatic carbocycles. The Hall–Kier alpha value is -1.43. The molecule has 0 aliphatic heterocycles. The van der Waals surface area contributed by atoms with Gasteiger partial charge in [-0.05, 0) is 47.5 Å². The number of aliphatic carboxylic acids is 1. The quantitative estimate of drug-likeness (QED) is 0.922. The highest BCUT2D eigenvalue weighted by atomic mass is 79.9. The number of likely N-dealkylation sites (N-methyl/N-ethyl adjacent to an activating group) is 1. The molecular formula is C13H15BrFNO3. The van der Waals surface area contributed by atoms with Crippen LogP contribution in [0.1, 0.15) is 26.3 Å². The van der Waals surface area contributed by atoms with E-state index in [1.165, 1.54) is 36.9 Å². The fourth-order valence-corrected chi connectivity index (χ4v) is 2.43. The molecule has 0 fully saturated rings. The first-order valence-electron chi connectivity index (χ1n) is 5.72. The van der Waals surface area contributed by atoms with Crippen LogP contribution in [0.2, 0.25) is 0 Å². The minimum Gasteiger partial charge on any atom is -0.479 e. The molecule has 1 unspecified atom stereocenters. The molecule has 104 valence electrons. The smallest absolute Gasteiger partial charge is 0.334 e. The summed E-state index contributed by atoms with van der Waals surface area (Å²) in [5.74, 6) is -2.00. The van der Waals surface area contributed by atoms with Crippen molar-refractivity contribution in [3.63, 3.8) is 0 Å². The molecule has 1 aromatic rings. The Morgan fingerprint density at radius 2 is 2.05 bits per heavy atom. The molecule has 0 aliphatic carbocycles. The first kappa shape index (κ1) is 15.6. The van der Waals surface area contributed by atoms with Crippen LogP contribution in [0.4, 0.5) is 4.39 Å². The lowest BCUT2D eigenvalue weighted by molar-refractivity contribution is -0.158. The van der Waals surface area contributed by atoms with Gasteiger partial charge in [0, 0.05) is 13.5 Å². The summed E-state index contributed by atoms with van der Waals surface area (Å²) in [6.45, 7) is 4.68. The van der Waals surface area contributed by atoms with E-state index in [1.807, 2.05) is 0 Å². The molecule has 0 aromatic heterocycles. The number of rotatable bonds is 4. The van der Waals surface area contributed by atoms with E-state index in [-0.39, 0.29) is 16.9 Å². The molecule has 0 radical (unpaired) electrons. The van der Waals surface area contributed by atoms with Crippen LogP contribution in [0, 0.1) is 5.82 Å². The zero-order chi connectivity index (χ0) is 14.8. The van der Waals surface area contributed by atoms with Crippen LogP contribution in [0.5, 0.6) is 0 Å². The molecule has 6 heteroatoms. The number of nitrogens with zero attached hydrogens (tertiary/aromatic N) is 1. The van der Waals surface area contributed by atoms with Crippen molar-refractivity contribution in [1.29, 1.82) is 0 Å². The molecule has 1 N–H and O–H groups in total. The van der Waals surface area contributed by atoms with Gasteiger partial charge in [-0.1, -0.05) is 6.07 Å². The maximum atomic E-state index is 13.3.